The Bertz CT molecular complexity index is 1340. The number of hydrogen-bond donors (Lipinski definition) is 1. The average molecular weight is 908 g/mol. The van der Waals surface area contributed by atoms with Crippen molar-refractivity contribution in [3.8, 4) is 0 Å². The van der Waals surface area contributed by atoms with E-state index in [9.17, 15) is 24.0 Å². The SMILES string of the molecule is CCCC(CC)OC(=O)CCCCC=O.CCCCCCCCC(CCCCCCCC)C(=O)OCCCCCC(=O)N1CCc2c(sc(PC)c2C(=O)NCCCN(C)C)C1. The Morgan fingerprint density at radius 1 is 0.790 bits per heavy atom. The Hall–Kier alpha value is -2.36. The first-order chi connectivity index (χ1) is 30.1. The minimum Gasteiger partial charge on any atom is -0.465 e. The largest absolute Gasteiger partial charge is 0.465 e. The molecule has 358 valence electrons. The molecule has 1 aliphatic rings. The van der Waals surface area contributed by atoms with Gasteiger partial charge in [-0.05, 0) is 103 Å². The lowest BCUT2D eigenvalue weighted by atomic mass is 9.94. The first-order valence-electron chi connectivity index (χ1n) is 24.9. The summed E-state index contributed by atoms with van der Waals surface area (Å²) in [6, 6.07) is 0. The minimum absolute atomic E-state index is 0.00284. The summed E-state index contributed by atoms with van der Waals surface area (Å²) in [5.74, 6) is 0.146. The van der Waals surface area contributed by atoms with Crippen LogP contribution in [0.5, 0.6) is 0 Å². The number of carbonyl (C=O) groups is 5. The summed E-state index contributed by atoms with van der Waals surface area (Å²) in [6.45, 7) is 14.1. The van der Waals surface area contributed by atoms with Gasteiger partial charge in [0.15, 0.2) is 0 Å². The van der Waals surface area contributed by atoms with E-state index < -0.39 is 0 Å². The molecule has 1 aromatic rings. The van der Waals surface area contributed by atoms with E-state index in [0.29, 0.717) is 54.1 Å². The Kier molecular flexibility index (Phi) is 35.3. The highest BCUT2D eigenvalue weighted by Crippen LogP contribution is 2.31. The molecular formula is C50H90N3O7PS. The van der Waals surface area contributed by atoms with Gasteiger partial charge in [-0.15, -0.1) is 11.3 Å². The van der Waals surface area contributed by atoms with Crippen LogP contribution in [0.15, 0.2) is 0 Å². The third-order valence-electron chi connectivity index (χ3n) is 11.7. The second kappa shape index (κ2) is 38.0. The zero-order valence-electron chi connectivity index (χ0n) is 40.5. The summed E-state index contributed by atoms with van der Waals surface area (Å²) in [5.41, 5.74) is 2.03. The highest BCUT2D eigenvalue weighted by molar-refractivity contribution is 7.56. The number of nitrogens with zero attached hydrogens (tertiary/aromatic N) is 2. The topological polar surface area (TPSA) is 122 Å². The fourth-order valence-corrected chi connectivity index (χ4v) is 10.3. The van der Waals surface area contributed by atoms with Crippen LogP contribution in [-0.2, 0) is 41.6 Å². The zero-order chi connectivity index (χ0) is 45.8. The van der Waals surface area contributed by atoms with Crippen molar-refractivity contribution >= 4 is 54.6 Å². The number of fused-ring (bicyclic) bond motifs is 1. The van der Waals surface area contributed by atoms with Crippen molar-refractivity contribution in [1.82, 2.24) is 15.1 Å². The molecule has 2 heterocycles. The highest BCUT2D eigenvalue weighted by Gasteiger charge is 2.29. The molecule has 0 aliphatic carbocycles. The number of thiophene rings is 1. The Morgan fingerprint density at radius 2 is 1.42 bits per heavy atom. The van der Waals surface area contributed by atoms with Gasteiger partial charge in [0.05, 0.1) is 24.6 Å². The van der Waals surface area contributed by atoms with Crippen LogP contribution in [0.3, 0.4) is 0 Å². The van der Waals surface area contributed by atoms with Crippen molar-refractivity contribution in [2.45, 2.75) is 214 Å². The lowest BCUT2D eigenvalue weighted by molar-refractivity contribution is -0.150. The minimum atomic E-state index is -0.124. The molecular weight excluding hydrogens is 818 g/mol. The molecule has 10 nitrogen and oxygen atoms in total. The number of ether oxygens (including phenoxy) is 2. The molecule has 0 saturated carbocycles. The molecule has 0 saturated heterocycles. The van der Waals surface area contributed by atoms with E-state index in [1.54, 1.807) is 11.3 Å². The standard InChI is InChI=1S/C38H68N3O4PS.C12H22O3/c1-6-8-10-12-14-17-22-31(23-18-15-13-11-9-7-2)37(44)45-29-20-16-19-24-34(42)41-28-25-32-33(30-41)47-38(46-5)35(32)36(43)39-26-21-27-40(3)4;1-3-8-11(4-2)15-12(14)9-6-5-7-10-13/h31,46H,6-30H2,1-5H3,(H,39,43);10-11H,3-9H2,1-2H3. The van der Waals surface area contributed by atoms with Gasteiger partial charge >= 0.3 is 11.9 Å². The Morgan fingerprint density at radius 3 is 2.02 bits per heavy atom. The molecule has 1 aromatic heterocycles. The fraction of sp³-hybridized carbons (Fsp3) is 0.820. The van der Waals surface area contributed by atoms with Crippen molar-refractivity contribution < 1.29 is 33.4 Å². The second-order valence-corrected chi connectivity index (χ2v) is 19.9. The molecule has 1 aliphatic heterocycles. The maximum Gasteiger partial charge on any atom is 0.308 e. The van der Waals surface area contributed by atoms with E-state index in [-0.39, 0.29) is 35.8 Å². The van der Waals surface area contributed by atoms with Crippen LogP contribution in [0, 0.1) is 5.92 Å². The zero-order valence-corrected chi connectivity index (χ0v) is 42.3. The van der Waals surface area contributed by atoms with E-state index >= 15 is 0 Å². The number of hydrogen-bond acceptors (Lipinski definition) is 9. The van der Waals surface area contributed by atoms with Gasteiger partial charge in [0.2, 0.25) is 5.91 Å². The molecule has 2 unspecified atom stereocenters. The van der Waals surface area contributed by atoms with Gasteiger partial charge in [0, 0.05) is 41.8 Å². The molecule has 1 N–H and O–H groups in total. The van der Waals surface area contributed by atoms with E-state index in [0.717, 1.165) is 118 Å². The van der Waals surface area contributed by atoms with Gasteiger partial charge < -0.3 is 29.4 Å². The average Bonchev–Trinajstić information content (AvgIpc) is 3.64. The summed E-state index contributed by atoms with van der Waals surface area (Å²) in [5, 5.41) is 3.12. The predicted molar refractivity (Wildman–Crippen MR) is 261 cm³/mol. The summed E-state index contributed by atoms with van der Waals surface area (Å²) in [6.07, 6.45) is 27.9. The molecule has 62 heavy (non-hydrogen) atoms. The number of esters is 2. The van der Waals surface area contributed by atoms with Crippen molar-refractivity contribution in [3.63, 3.8) is 0 Å². The maximum atomic E-state index is 13.1. The van der Waals surface area contributed by atoms with Gasteiger partial charge in [-0.25, -0.2) is 0 Å². The number of amides is 2. The van der Waals surface area contributed by atoms with Crippen LogP contribution in [0.2, 0.25) is 0 Å². The van der Waals surface area contributed by atoms with Crippen LogP contribution in [0.25, 0.3) is 0 Å². The lowest BCUT2D eigenvalue weighted by Crippen LogP contribution is -2.36. The van der Waals surface area contributed by atoms with Gasteiger partial charge in [-0.3, -0.25) is 19.2 Å². The van der Waals surface area contributed by atoms with Crippen molar-refractivity contribution in [2.24, 2.45) is 5.92 Å². The van der Waals surface area contributed by atoms with Crippen LogP contribution in [-0.4, -0.2) is 92.9 Å². The van der Waals surface area contributed by atoms with Gasteiger partial charge in [-0.2, -0.15) is 0 Å². The fourth-order valence-electron chi connectivity index (χ4n) is 7.85. The second-order valence-electron chi connectivity index (χ2n) is 17.4. The van der Waals surface area contributed by atoms with Gasteiger partial charge in [0.25, 0.3) is 5.91 Å². The van der Waals surface area contributed by atoms with E-state index in [2.05, 4.69) is 37.7 Å². The summed E-state index contributed by atoms with van der Waals surface area (Å²) in [7, 11) is 4.65. The first kappa shape index (κ1) is 57.7. The summed E-state index contributed by atoms with van der Waals surface area (Å²) in [4.78, 5) is 65.8. The third-order valence-corrected chi connectivity index (χ3v) is 14.3. The molecule has 2 rings (SSSR count). The van der Waals surface area contributed by atoms with Crippen molar-refractivity contribution in [1.29, 1.82) is 0 Å². The monoisotopic (exact) mass is 908 g/mol. The first-order valence-corrected chi connectivity index (χ1v) is 27.2. The third kappa shape index (κ3) is 26.4. The molecule has 2 amide bonds. The molecule has 0 radical (unpaired) electrons. The number of aldehydes is 1. The quantitative estimate of drug-likeness (QED) is 0.0306. The summed E-state index contributed by atoms with van der Waals surface area (Å²) >= 11 is 1.71. The van der Waals surface area contributed by atoms with Gasteiger partial charge in [-0.1, -0.05) is 120 Å². The van der Waals surface area contributed by atoms with E-state index in [1.807, 2.05) is 25.9 Å². The molecule has 0 bridgehead atoms. The Labute approximate surface area is 384 Å². The van der Waals surface area contributed by atoms with E-state index in [4.69, 9.17) is 9.47 Å². The van der Waals surface area contributed by atoms with Crippen LogP contribution >= 0.6 is 19.9 Å². The van der Waals surface area contributed by atoms with E-state index in [1.165, 1.54) is 69.1 Å². The smallest absolute Gasteiger partial charge is 0.308 e. The number of rotatable bonds is 36. The molecule has 0 fully saturated rings. The molecule has 12 heteroatoms. The molecule has 0 aromatic carbocycles. The van der Waals surface area contributed by atoms with Crippen LogP contribution in [0.1, 0.15) is 215 Å². The van der Waals surface area contributed by atoms with Crippen LogP contribution < -0.4 is 9.94 Å². The lowest BCUT2D eigenvalue weighted by Gasteiger charge is -2.27. The molecule has 2 atom stereocenters. The van der Waals surface area contributed by atoms with Crippen molar-refractivity contribution in [2.75, 3.05) is 47.0 Å². The Balaban J connectivity index is 0.00000108. The van der Waals surface area contributed by atoms with Crippen molar-refractivity contribution in [3.05, 3.63) is 16.0 Å². The maximum absolute atomic E-state index is 13.1. The van der Waals surface area contributed by atoms with Crippen LogP contribution in [0.4, 0.5) is 0 Å². The number of carbonyl (C=O) groups excluding carboxylic acids is 5. The highest BCUT2D eigenvalue weighted by atomic mass is 32.1. The number of unbranched alkanes of at least 4 members (excludes halogenated alkanes) is 14. The van der Waals surface area contributed by atoms with Gasteiger partial charge in [0.1, 0.15) is 12.4 Å². The number of nitrogens with one attached hydrogen (secondary N) is 1. The summed E-state index contributed by atoms with van der Waals surface area (Å²) < 4.78 is 12.2. The molecule has 0 spiro atoms. The normalized spacial score (nSPS) is 13.0. The predicted octanol–water partition coefficient (Wildman–Crippen LogP) is 11.3.